The number of nitrogens with zero attached hydrogens (tertiary/aromatic N) is 1. The minimum absolute atomic E-state index is 0.196. The van der Waals surface area contributed by atoms with Crippen molar-refractivity contribution < 1.29 is 19.4 Å². The summed E-state index contributed by atoms with van der Waals surface area (Å²) < 4.78 is 11.3. The fraction of sp³-hybridized carbons (Fsp3) is 0.562. The number of hydrogen-bond donors (Lipinski definition) is 1. The van der Waals surface area contributed by atoms with Gasteiger partial charge in [-0.05, 0) is 24.6 Å². The summed E-state index contributed by atoms with van der Waals surface area (Å²) >= 11 is 0. The van der Waals surface area contributed by atoms with Crippen LogP contribution in [0.5, 0.6) is 5.75 Å². The van der Waals surface area contributed by atoms with E-state index in [9.17, 15) is 4.79 Å². The van der Waals surface area contributed by atoms with Gasteiger partial charge in [-0.15, -0.1) is 0 Å². The maximum Gasteiger partial charge on any atom is 0.336 e. The van der Waals surface area contributed by atoms with Crippen molar-refractivity contribution in [2.24, 2.45) is 0 Å². The van der Waals surface area contributed by atoms with Crippen LogP contribution in [0.2, 0.25) is 0 Å². The fourth-order valence-electron chi connectivity index (χ4n) is 2.97. The van der Waals surface area contributed by atoms with Gasteiger partial charge in [0.2, 0.25) is 0 Å². The molecule has 5 heteroatoms. The lowest BCUT2D eigenvalue weighted by atomic mass is 9.87. The van der Waals surface area contributed by atoms with Crippen LogP contribution < -0.4 is 4.74 Å². The van der Waals surface area contributed by atoms with Gasteiger partial charge >= 0.3 is 5.97 Å². The first kappa shape index (κ1) is 14.4. The average molecular weight is 291 g/mol. The van der Waals surface area contributed by atoms with Gasteiger partial charge < -0.3 is 14.6 Å². The van der Waals surface area contributed by atoms with Crippen molar-refractivity contribution in [3.63, 3.8) is 0 Å². The Labute approximate surface area is 124 Å². The van der Waals surface area contributed by atoms with Crippen LogP contribution in [0.25, 0.3) is 0 Å². The Bertz CT molecular complexity index is 519. The largest absolute Gasteiger partial charge is 0.490 e. The smallest absolute Gasteiger partial charge is 0.336 e. The highest BCUT2D eigenvalue weighted by molar-refractivity contribution is 5.89. The lowest BCUT2D eigenvalue weighted by Gasteiger charge is -2.44. The van der Waals surface area contributed by atoms with Crippen LogP contribution in [-0.2, 0) is 4.74 Å². The molecule has 0 atom stereocenters. The van der Waals surface area contributed by atoms with Gasteiger partial charge in [0.1, 0.15) is 11.9 Å². The normalized spacial score (nSPS) is 26.1. The van der Waals surface area contributed by atoms with Gasteiger partial charge in [-0.1, -0.05) is 6.07 Å². The summed E-state index contributed by atoms with van der Waals surface area (Å²) in [5, 5.41) is 9.13. The molecule has 1 N–H and O–H groups in total. The lowest BCUT2D eigenvalue weighted by molar-refractivity contribution is -0.0373. The molecule has 1 aromatic carbocycles. The molecule has 1 saturated carbocycles. The third-order valence-corrected chi connectivity index (χ3v) is 4.37. The number of carboxylic acids is 1. The van der Waals surface area contributed by atoms with E-state index in [4.69, 9.17) is 14.6 Å². The summed E-state index contributed by atoms with van der Waals surface area (Å²) in [5.74, 6) is -0.249. The van der Waals surface area contributed by atoms with Gasteiger partial charge in [-0.25, -0.2) is 4.79 Å². The van der Waals surface area contributed by atoms with E-state index < -0.39 is 5.97 Å². The quantitative estimate of drug-likeness (QED) is 0.918. The number of aryl methyl sites for hydroxylation is 1. The van der Waals surface area contributed by atoms with Crippen LogP contribution in [-0.4, -0.2) is 54.4 Å². The molecule has 1 heterocycles. The predicted octanol–water partition coefficient (Wildman–Crippen LogP) is 1.94. The highest BCUT2D eigenvalue weighted by atomic mass is 16.5. The van der Waals surface area contributed by atoms with Crippen molar-refractivity contribution in [3.8, 4) is 5.75 Å². The van der Waals surface area contributed by atoms with Gasteiger partial charge in [0.25, 0.3) is 0 Å². The Morgan fingerprint density at radius 3 is 2.71 bits per heavy atom. The Morgan fingerprint density at radius 1 is 1.33 bits per heavy atom. The molecule has 0 unspecified atom stereocenters. The molecule has 2 fully saturated rings. The first-order valence-corrected chi connectivity index (χ1v) is 7.46. The number of morpholine rings is 1. The maximum atomic E-state index is 11.1. The summed E-state index contributed by atoms with van der Waals surface area (Å²) in [6, 6.07) is 5.86. The number of carbonyl (C=O) groups is 1. The molecule has 21 heavy (non-hydrogen) atoms. The van der Waals surface area contributed by atoms with E-state index in [1.807, 2.05) is 6.07 Å². The molecule has 0 amide bonds. The SMILES string of the molecule is Cc1ccc(OC2CC(N3CCOCC3)C2)cc1C(=O)O. The van der Waals surface area contributed by atoms with Crippen LogP contribution in [0.15, 0.2) is 18.2 Å². The fourth-order valence-corrected chi connectivity index (χ4v) is 2.97. The second kappa shape index (κ2) is 6.03. The molecule has 5 nitrogen and oxygen atoms in total. The molecule has 1 aromatic rings. The minimum atomic E-state index is -0.905. The number of hydrogen-bond acceptors (Lipinski definition) is 4. The Kier molecular flexibility index (Phi) is 4.12. The molecule has 114 valence electrons. The second-order valence-corrected chi connectivity index (χ2v) is 5.80. The molecular weight excluding hydrogens is 270 g/mol. The van der Waals surface area contributed by atoms with Crippen molar-refractivity contribution in [1.82, 2.24) is 4.90 Å². The van der Waals surface area contributed by atoms with E-state index >= 15 is 0 Å². The van der Waals surface area contributed by atoms with Gasteiger partial charge in [0.15, 0.2) is 0 Å². The molecular formula is C16H21NO4. The zero-order valence-corrected chi connectivity index (χ0v) is 12.2. The van der Waals surface area contributed by atoms with Crippen LogP contribution in [0.4, 0.5) is 0 Å². The van der Waals surface area contributed by atoms with Crippen LogP contribution in [0.1, 0.15) is 28.8 Å². The van der Waals surface area contributed by atoms with E-state index in [0.717, 1.165) is 44.7 Å². The standard InChI is InChI=1S/C16H21NO4/c1-11-2-3-13(10-15(11)16(18)19)21-14-8-12(9-14)17-4-6-20-7-5-17/h2-3,10,12,14H,4-9H2,1H3,(H,18,19). The van der Waals surface area contributed by atoms with Crippen molar-refractivity contribution >= 4 is 5.97 Å². The van der Waals surface area contributed by atoms with Gasteiger partial charge in [0.05, 0.1) is 18.8 Å². The van der Waals surface area contributed by atoms with Crippen molar-refractivity contribution in [3.05, 3.63) is 29.3 Å². The molecule has 0 aromatic heterocycles. The molecule has 0 spiro atoms. The lowest BCUT2D eigenvalue weighted by Crippen LogP contribution is -2.52. The maximum absolute atomic E-state index is 11.1. The molecule has 0 radical (unpaired) electrons. The van der Waals surface area contributed by atoms with Crippen molar-refractivity contribution in [1.29, 1.82) is 0 Å². The van der Waals surface area contributed by atoms with E-state index in [1.54, 1.807) is 19.1 Å². The summed E-state index contributed by atoms with van der Waals surface area (Å²) in [7, 11) is 0. The third-order valence-electron chi connectivity index (χ3n) is 4.37. The Morgan fingerprint density at radius 2 is 2.05 bits per heavy atom. The summed E-state index contributed by atoms with van der Waals surface area (Å²) in [6.45, 7) is 5.45. The highest BCUT2D eigenvalue weighted by Gasteiger charge is 2.35. The zero-order chi connectivity index (χ0) is 14.8. The topological polar surface area (TPSA) is 59.0 Å². The molecule has 1 aliphatic carbocycles. The van der Waals surface area contributed by atoms with E-state index in [0.29, 0.717) is 17.4 Å². The Hall–Kier alpha value is -1.59. The summed E-state index contributed by atoms with van der Waals surface area (Å²) in [6.07, 6.45) is 2.22. The van der Waals surface area contributed by atoms with Crippen LogP contribution in [0.3, 0.4) is 0 Å². The van der Waals surface area contributed by atoms with E-state index in [2.05, 4.69) is 4.90 Å². The van der Waals surface area contributed by atoms with Gasteiger partial charge in [-0.3, -0.25) is 4.90 Å². The average Bonchev–Trinajstić information content (AvgIpc) is 2.44. The van der Waals surface area contributed by atoms with Crippen LogP contribution >= 0.6 is 0 Å². The second-order valence-electron chi connectivity index (χ2n) is 5.80. The number of aromatic carboxylic acids is 1. The monoisotopic (exact) mass is 291 g/mol. The number of benzene rings is 1. The van der Waals surface area contributed by atoms with Gasteiger partial charge in [-0.2, -0.15) is 0 Å². The minimum Gasteiger partial charge on any atom is -0.490 e. The first-order chi connectivity index (χ1) is 10.1. The van der Waals surface area contributed by atoms with Crippen molar-refractivity contribution in [2.45, 2.75) is 31.9 Å². The predicted molar refractivity (Wildman–Crippen MR) is 78.0 cm³/mol. The number of carboxylic acid groups (broad SMARTS) is 1. The molecule has 0 bridgehead atoms. The van der Waals surface area contributed by atoms with Gasteiger partial charge in [0, 0.05) is 32.0 Å². The molecule has 1 aliphatic heterocycles. The van der Waals surface area contributed by atoms with E-state index in [1.165, 1.54) is 0 Å². The number of rotatable bonds is 4. The first-order valence-electron chi connectivity index (χ1n) is 7.46. The number of ether oxygens (including phenoxy) is 2. The molecule has 2 aliphatic rings. The van der Waals surface area contributed by atoms with Crippen LogP contribution in [0, 0.1) is 6.92 Å². The Balaban J connectivity index is 1.54. The van der Waals surface area contributed by atoms with E-state index in [-0.39, 0.29) is 6.10 Å². The zero-order valence-electron chi connectivity index (χ0n) is 12.2. The summed E-state index contributed by atoms with van der Waals surface area (Å²) in [4.78, 5) is 13.6. The molecule has 3 rings (SSSR count). The van der Waals surface area contributed by atoms with Crippen molar-refractivity contribution in [2.75, 3.05) is 26.3 Å². The highest BCUT2D eigenvalue weighted by Crippen LogP contribution is 2.31. The third kappa shape index (κ3) is 3.19. The summed E-state index contributed by atoms with van der Waals surface area (Å²) in [5.41, 5.74) is 1.08. The molecule has 1 saturated heterocycles.